The van der Waals surface area contributed by atoms with Gasteiger partial charge in [0.2, 0.25) is 0 Å². The van der Waals surface area contributed by atoms with Crippen LogP contribution in [0.1, 0.15) is 5.56 Å². The monoisotopic (exact) mass is 345 g/mol. The Balaban J connectivity index is 2.25. The number of benzene rings is 1. The Morgan fingerprint density at radius 1 is 1.10 bits per heavy atom. The molecule has 1 heterocycles. The predicted molar refractivity (Wildman–Crippen MR) is 89.1 cm³/mol. The van der Waals surface area contributed by atoms with Crippen molar-refractivity contribution in [3.63, 3.8) is 0 Å². The number of anilines is 2. The van der Waals surface area contributed by atoms with Crippen LogP contribution in [0.15, 0.2) is 24.3 Å². The number of hydrogen-bond donors (Lipinski definition) is 2. The maximum atomic E-state index is 6.19. The van der Waals surface area contributed by atoms with Crippen LogP contribution in [0.3, 0.4) is 0 Å². The summed E-state index contributed by atoms with van der Waals surface area (Å²) < 4.78 is 5.30. The van der Waals surface area contributed by atoms with E-state index < -0.39 is 0 Å². The molecule has 2 rings (SSSR count). The Bertz CT molecular complexity index is 650. The summed E-state index contributed by atoms with van der Waals surface area (Å²) in [6.07, 6.45) is 0. The van der Waals surface area contributed by atoms with Gasteiger partial charge in [-0.05, 0) is 18.2 Å². The maximum Gasteiger partial charge on any atom is 0.147 e. The molecule has 0 aliphatic carbocycles. The van der Waals surface area contributed by atoms with Crippen LogP contribution in [-0.4, -0.2) is 19.1 Å². The third-order valence-corrected chi connectivity index (χ3v) is 3.83. The SMILES string of the molecule is CNc1nc(NCc2c(Cl)cccc2OC)c(Cl)cc1Cl. The van der Waals surface area contributed by atoms with Gasteiger partial charge in [0, 0.05) is 24.2 Å². The third-order valence-electron chi connectivity index (χ3n) is 2.89. The van der Waals surface area contributed by atoms with E-state index in [0.29, 0.717) is 39.0 Å². The minimum atomic E-state index is 0.431. The van der Waals surface area contributed by atoms with E-state index in [9.17, 15) is 0 Å². The molecule has 21 heavy (non-hydrogen) atoms. The summed E-state index contributed by atoms with van der Waals surface area (Å²) >= 11 is 18.3. The summed E-state index contributed by atoms with van der Waals surface area (Å²) in [4.78, 5) is 4.32. The molecule has 0 amide bonds. The molecule has 0 fully saturated rings. The van der Waals surface area contributed by atoms with Crippen LogP contribution in [0.4, 0.5) is 11.6 Å². The summed E-state index contributed by atoms with van der Waals surface area (Å²) in [5.41, 5.74) is 0.834. The zero-order valence-electron chi connectivity index (χ0n) is 11.5. The molecule has 0 aliphatic rings. The van der Waals surface area contributed by atoms with Crippen molar-refractivity contribution in [2.75, 3.05) is 24.8 Å². The first-order valence-electron chi connectivity index (χ1n) is 6.16. The molecule has 0 saturated carbocycles. The fourth-order valence-corrected chi connectivity index (χ4v) is 2.59. The number of halogens is 3. The van der Waals surface area contributed by atoms with Gasteiger partial charge in [0.1, 0.15) is 17.4 Å². The summed E-state index contributed by atoms with van der Waals surface area (Å²) in [6.45, 7) is 0.431. The summed E-state index contributed by atoms with van der Waals surface area (Å²) in [5, 5.41) is 7.55. The highest BCUT2D eigenvalue weighted by Crippen LogP contribution is 2.31. The average Bonchev–Trinajstić information content (AvgIpc) is 2.47. The minimum Gasteiger partial charge on any atom is -0.496 e. The van der Waals surface area contributed by atoms with E-state index in [2.05, 4.69) is 15.6 Å². The number of hydrogen-bond acceptors (Lipinski definition) is 4. The van der Waals surface area contributed by atoms with Crippen molar-refractivity contribution in [2.24, 2.45) is 0 Å². The van der Waals surface area contributed by atoms with Gasteiger partial charge in [-0.25, -0.2) is 4.98 Å². The Labute approximate surface area is 138 Å². The van der Waals surface area contributed by atoms with Crippen LogP contribution in [-0.2, 0) is 6.54 Å². The lowest BCUT2D eigenvalue weighted by molar-refractivity contribution is 0.410. The molecule has 0 unspecified atom stereocenters. The highest BCUT2D eigenvalue weighted by atomic mass is 35.5. The third kappa shape index (κ3) is 3.64. The molecule has 0 radical (unpaired) electrons. The van der Waals surface area contributed by atoms with Crippen LogP contribution in [0.5, 0.6) is 5.75 Å². The molecule has 0 saturated heterocycles. The molecule has 2 N–H and O–H groups in total. The maximum absolute atomic E-state index is 6.19. The normalized spacial score (nSPS) is 10.3. The molecule has 0 aliphatic heterocycles. The van der Waals surface area contributed by atoms with Gasteiger partial charge in [-0.1, -0.05) is 40.9 Å². The average molecular weight is 347 g/mol. The van der Waals surface area contributed by atoms with Gasteiger partial charge in [0.15, 0.2) is 0 Å². The second kappa shape index (κ2) is 7.07. The van der Waals surface area contributed by atoms with Crippen molar-refractivity contribution < 1.29 is 4.74 Å². The molecule has 2 aromatic rings. The van der Waals surface area contributed by atoms with Gasteiger partial charge in [-0.3, -0.25) is 0 Å². The van der Waals surface area contributed by atoms with Crippen molar-refractivity contribution in [2.45, 2.75) is 6.54 Å². The van der Waals surface area contributed by atoms with Crippen molar-refractivity contribution >= 4 is 46.4 Å². The second-order valence-corrected chi connectivity index (χ2v) is 5.40. The van der Waals surface area contributed by atoms with Crippen LogP contribution in [0.2, 0.25) is 15.1 Å². The molecule has 0 bridgehead atoms. The zero-order valence-corrected chi connectivity index (χ0v) is 13.8. The van der Waals surface area contributed by atoms with Gasteiger partial charge in [0.05, 0.1) is 17.2 Å². The van der Waals surface area contributed by atoms with E-state index in [1.54, 1.807) is 26.3 Å². The van der Waals surface area contributed by atoms with Crippen LogP contribution in [0.25, 0.3) is 0 Å². The van der Waals surface area contributed by atoms with E-state index in [-0.39, 0.29) is 0 Å². The number of aromatic nitrogens is 1. The predicted octanol–water partition coefficient (Wildman–Crippen LogP) is 4.70. The summed E-state index contributed by atoms with van der Waals surface area (Å²) in [6, 6.07) is 7.11. The summed E-state index contributed by atoms with van der Waals surface area (Å²) in [7, 11) is 3.34. The first kappa shape index (κ1) is 16.0. The van der Waals surface area contributed by atoms with Crippen molar-refractivity contribution in [3.05, 3.63) is 44.9 Å². The number of pyridine rings is 1. The Hall–Kier alpha value is -1.36. The molecule has 1 aromatic heterocycles. The molecule has 4 nitrogen and oxygen atoms in total. The van der Waals surface area contributed by atoms with E-state index >= 15 is 0 Å². The first-order chi connectivity index (χ1) is 10.1. The van der Waals surface area contributed by atoms with Crippen molar-refractivity contribution in [1.82, 2.24) is 4.98 Å². The highest BCUT2D eigenvalue weighted by Gasteiger charge is 2.11. The van der Waals surface area contributed by atoms with E-state index in [1.165, 1.54) is 0 Å². The Kier molecular flexibility index (Phi) is 5.39. The van der Waals surface area contributed by atoms with Crippen LogP contribution < -0.4 is 15.4 Å². The van der Waals surface area contributed by atoms with Crippen molar-refractivity contribution in [1.29, 1.82) is 0 Å². The smallest absolute Gasteiger partial charge is 0.147 e. The summed E-state index contributed by atoms with van der Waals surface area (Å²) in [5.74, 6) is 1.77. The largest absolute Gasteiger partial charge is 0.496 e. The van der Waals surface area contributed by atoms with Gasteiger partial charge in [0.25, 0.3) is 0 Å². The lowest BCUT2D eigenvalue weighted by Crippen LogP contribution is -2.06. The second-order valence-electron chi connectivity index (χ2n) is 4.17. The fourth-order valence-electron chi connectivity index (χ4n) is 1.84. The Morgan fingerprint density at radius 3 is 2.48 bits per heavy atom. The van der Waals surface area contributed by atoms with Gasteiger partial charge in [-0.2, -0.15) is 0 Å². The lowest BCUT2D eigenvalue weighted by Gasteiger charge is -2.14. The fraction of sp³-hybridized carbons (Fsp3) is 0.214. The minimum absolute atomic E-state index is 0.431. The quantitative estimate of drug-likeness (QED) is 0.823. The van der Waals surface area contributed by atoms with E-state index in [1.807, 2.05) is 12.1 Å². The number of rotatable bonds is 5. The molecule has 112 valence electrons. The first-order valence-corrected chi connectivity index (χ1v) is 7.29. The Morgan fingerprint density at radius 2 is 1.81 bits per heavy atom. The van der Waals surface area contributed by atoms with Crippen LogP contribution >= 0.6 is 34.8 Å². The lowest BCUT2D eigenvalue weighted by atomic mass is 10.2. The molecule has 0 spiro atoms. The van der Waals surface area contributed by atoms with Gasteiger partial charge >= 0.3 is 0 Å². The molecular weight excluding hydrogens is 333 g/mol. The van der Waals surface area contributed by atoms with Gasteiger partial charge in [-0.15, -0.1) is 0 Å². The molecular formula is C14H14Cl3N3O. The van der Waals surface area contributed by atoms with Crippen LogP contribution in [0, 0.1) is 0 Å². The number of nitrogens with zero attached hydrogens (tertiary/aromatic N) is 1. The highest BCUT2D eigenvalue weighted by molar-refractivity contribution is 6.37. The topological polar surface area (TPSA) is 46.2 Å². The number of methoxy groups -OCH3 is 1. The number of ether oxygens (including phenoxy) is 1. The standard InChI is InChI=1S/C14H14Cl3N3O/c1-18-13-10(16)6-11(17)14(20-13)19-7-8-9(15)4-3-5-12(8)21-2/h3-6H,7H2,1-2H3,(H2,18,19,20). The number of nitrogens with one attached hydrogen (secondary N) is 2. The molecule has 1 aromatic carbocycles. The molecule has 7 heteroatoms. The van der Waals surface area contributed by atoms with Crippen molar-refractivity contribution in [3.8, 4) is 5.75 Å². The van der Waals surface area contributed by atoms with E-state index in [0.717, 1.165) is 5.56 Å². The molecule has 0 atom stereocenters. The zero-order chi connectivity index (χ0) is 15.4. The van der Waals surface area contributed by atoms with E-state index in [4.69, 9.17) is 39.5 Å². The van der Waals surface area contributed by atoms with Gasteiger partial charge < -0.3 is 15.4 Å².